The SMILES string of the molecule is CCCCOc1nc(N)nc2c1ncn2CCOCCC(=O)CO. The molecule has 132 valence electrons. The summed E-state index contributed by atoms with van der Waals surface area (Å²) in [6, 6.07) is 0. The second kappa shape index (κ2) is 9.14. The van der Waals surface area contributed by atoms with Crippen LogP contribution in [0.2, 0.25) is 0 Å². The lowest BCUT2D eigenvalue weighted by molar-refractivity contribution is -0.122. The van der Waals surface area contributed by atoms with Crippen LogP contribution in [0.25, 0.3) is 11.2 Å². The van der Waals surface area contributed by atoms with E-state index in [4.69, 9.17) is 20.3 Å². The van der Waals surface area contributed by atoms with Crippen molar-refractivity contribution in [1.82, 2.24) is 19.5 Å². The molecule has 0 unspecified atom stereocenters. The van der Waals surface area contributed by atoms with Crippen LogP contribution in [-0.4, -0.2) is 56.8 Å². The molecule has 0 radical (unpaired) electrons. The predicted octanol–water partition coefficient (Wildman–Crippen LogP) is 0.555. The Labute approximate surface area is 139 Å². The summed E-state index contributed by atoms with van der Waals surface area (Å²) in [5, 5.41) is 8.63. The molecule has 0 atom stereocenters. The smallest absolute Gasteiger partial charge is 0.247 e. The van der Waals surface area contributed by atoms with Crippen molar-refractivity contribution in [2.45, 2.75) is 32.7 Å². The highest BCUT2D eigenvalue weighted by Crippen LogP contribution is 2.22. The van der Waals surface area contributed by atoms with Crippen LogP contribution in [0.15, 0.2) is 6.33 Å². The van der Waals surface area contributed by atoms with Gasteiger partial charge in [-0.2, -0.15) is 9.97 Å². The third-order valence-electron chi connectivity index (χ3n) is 3.36. The molecule has 0 aromatic carbocycles. The molecule has 0 amide bonds. The molecule has 0 saturated carbocycles. The van der Waals surface area contributed by atoms with E-state index in [1.165, 1.54) is 0 Å². The van der Waals surface area contributed by atoms with Crippen LogP contribution in [0, 0.1) is 0 Å². The molecular weight excluding hydrogens is 314 g/mol. The second-order valence-corrected chi connectivity index (χ2v) is 5.26. The number of ketones is 1. The van der Waals surface area contributed by atoms with Gasteiger partial charge in [-0.05, 0) is 6.42 Å². The first kappa shape index (κ1) is 18.1. The minimum Gasteiger partial charge on any atom is -0.476 e. The number of nitrogen functional groups attached to an aromatic ring is 1. The van der Waals surface area contributed by atoms with Gasteiger partial charge in [0.05, 0.1) is 26.1 Å². The summed E-state index contributed by atoms with van der Waals surface area (Å²) in [7, 11) is 0. The normalized spacial score (nSPS) is 11.1. The van der Waals surface area contributed by atoms with Crippen molar-refractivity contribution >= 4 is 22.9 Å². The molecule has 2 rings (SSSR count). The van der Waals surface area contributed by atoms with Gasteiger partial charge in [-0.25, -0.2) is 4.98 Å². The van der Waals surface area contributed by atoms with E-state index < -0.39 is 6.61 Å². The van der Waals surface area contributed by atoms with Crippen LogP contribution in [0.1, 0.15) is 26.2 Å². The molecular formula is C15H23N5O4. The van der Waals surface area contributed by atoms with E-state index in [1.807, 2.05) is 0 Å². The van der Waals surface area contributed by atoms with Gasteiger partial charge in [-0.3, -0.25) is 4.79 Å². The number of aliphatic hydroxyl groups is 1. The summed E-state index contributed by atoms with van der Waals surface area (Å²) in [6.07, 6.45) is 3.78. The number of aromatic nitrogens is 4. The van der Waals surface area contributed by atoms with Crippen LogP contribution < -0.4 is 10.5 Å². The van der Waals surface area contributed by atoms with Crippen molar-refractivity contribution in [2.24, 2.45) is 0 Å². The molecule has 0 aliphatic carbocycles. The molecule has 24 heavy (non-hydrogen) atoms. The van der Waals surface area contributed by atoms with Crippen molar-refractivity contribution in [3.63, 3.8) is 0 Å². The number of carbonyl (C=O) groups is 1. The largest absolute Gasteiger partial charge is 0.476 e. The zero-order valence-electron chi connectivity index (χ0n) is 13.8. The van der Waals surface area contributed by atoms with E-state index in [9.17, 15) is 4.79 Å². The molecule has 9 heteroatoms. The lowest BCUT2D eigenvalue weighted by Crippen LogP contribution is -2.11. The molecule has 0 aliphatic heterocycles. The number of ether oxygens (including phenoxy) is 2. The number of aliphatic hydroxyl groups excluding tert-OH is 1. The van der Waals surface area contributed by atoms with E-state index in [-0.39, 0.29) is 24.8 Å². The maximum absolute atomic E-state index is 11.0. The topological polar surface area (TPSA) is 125 Å². The first-order chi connectivity index (χ1) is 11.7. The fraction of sp³-hybridized carbons (Fsp3) is 0.600. The number of hydrogen-bond donors (Lipinski definition) is 2. The molecule has 2 heterocycles. The third-order valence-corrected chi connectivity index (χ3v) is 3.36. The number of anilines is 1. The average molecular weight is 337 g/mol. The number of unbranched alkanes of at least 4 members (excludes halogenated alkanes) is 1. The molecule has 0 spiro atoms. The molecule has 0 saturated heterocycles. The highest BCUT2D eigenvalue weighted by Gasteiger charge is 2.13. The van der Waals surface area contributed by atoms with Crippen LogP contribution in [-0.2, 0) is 16.1 Å². The Hall–Kier alpha value is -2.26. The summed E-state index contributed by atoms with van der Waals surface area (Å²) < 4.78 is 12.8. The Morgan fingerprint density at radius 3 is 2.92 bits per heavy atom. The Balaban J connectivity index is 1.97. The van der Waals surface area contributed by atoms with E-state index in [1.54, 1.807) is 10.9 Å². The number of nitrogens with two attached hydrogens (primary N) is 1. The Morgan fingerprint density at radius 2 is 2.17 bits per heavy atom. The maximum atomic E-state index is 11.0. The van der Waals surface area contributed by atoms with Crippen molar-refractivity contribution in [3.8, 4) is 5.88 Å². The number of imidazole rings is 1. The van der Waals surface area contributed by atoms with Crippen LogP contribution in [0.5, 0.6) is 5.88 Å². The molecule has 0 bridgehead atoms. The number of fused-ring (bicyclic) bond motifs is 1. The molecule has 0 aliphatic rings. The summed E-state index contributed by atoms with van der Waals surface area (Å²) >= 11 is 0. The Morgan fingerprint density at radius 1 is 1.33 bits per heavy atom. The van der Waals surface area contributed by atoms with Crippen molar-refractivity contribution in [2.75, 3.05) is 32.2 Å². The minimum absolute atomic E-state index is 0.130. The summed E-state index contributed by atoms with van der Waals surface area (Å²) in [4.78, 5) is 23.6. The van der Waals surface area contributed by atoms with Gasteiger partial charge in [-0.1, -0.05) is 13.3 Å². The summed E-state index contributed by atoms with van der Waals surface area (Å²) in [5.74, 6) is 0.279. The first-order valence-corrected chi connectivity index (χ1v) is 7.97. The average Bonchev–Trinajstić information content (AvgIpc) is 2.97. The fourth-order valence-corrected chi connectivity index (χ4v) is 2.04. The van der Waals surface area contributed by atoms with Gasteiger partial charge in [0.2, 0.25) is 11.8 Å². The number of rotatable bonds is 11. The molecule has 9 nitrogen and oxygen atoms in total. The molecule has 0 fully saturated rings. The molecule has 2 aromatic heterocycles. The van der Waals surface area contributed by atoms with Crippen molar-refractivity contribution in [1.29, 1.82) is 0 Å². The first-order valence-electron chi connectivity index (χ1n) is 7.97. The van der Waals surface area contributed by atoms with Gasteiger partial charge in [0, 0.05) is 13.0 Å². The predicted molar refractivity (Wildman–Crippen MR) is 87.7 cm³/mol. The zero-order chi connectivity index (χ0) is 17.4. The monoisotopic (exact) mass is 337 g/mol. The number of hydrogen-bond acceptors (Lipinski definition) is 8. The maximum Gasteiger partial charge on any atom is 0.247 e. The van der Waals surface area contributed by atoms with Crippen molar-refractivity contribution < 1.29 is 19.4 Å². The number of Topliss-reactive ketones (excluding diaryl/α,β-unsaturated/α-hetero) is 1. The lowest BCUT2D eigenvalue weighted by atomic mass is 10.3. The molecule has 2 aromatic rings. The summed E-state index contributed by atoms with van der Waals surface area (Å²) in [5.41, 5.74) is 6.90. The van der Waals surface area contributed by atoms with Gasteiger partial charge in [-0.15, -0.1) is 0 Å². The van der Waals surface area contributed by atoms with Gasteiger partial charge in [0.25, 0.3) is 0 Å². The van der Waals surface area contributed by atoms with E-state index >= 15 is 0 Å². The Kier molecular flexibility index (Phi) is 6.89. The van der Waals surface area contributed by atoms with Crippen molar-refractivity contribution in [3.05, 3.63) is 6.33 Å². The highest BCUT2D eigenvalue weighted by atomic mass is 16.5. The van der Waals surface area contributed by atoms with E-state index in [0.717, 1.165) is 12.8 Å². The van der Waals surface area contributed by atoms with Gasteiger partial charge in [0.15, 0.2) is 16.9 Å². The van der Waals surface area contributed by atoms with E-state index in [2.05, 4.69) is 21.9 Å². The number of carbonyl (C=O) groups excluding carboxylic acids is 1. The number of nitrogens with zero attached hydrogens (tertiary/aromatic N) is 4. The molecule has 3 N–H and O–H groups in total. The van der Waals surface area contributed by atoms with E-state index in [0.29, 0.717) is 36.8 Å². The lowest BCUT2D eigenvalue weighted by Gasteiger charge is -2.07. The zero-order valence-corrected chi connectivity index (χ0v) is 13.8. The van der Waals surface area contributed by atoms with Crippen LogP contribution >= 0.6 is 0 Å². The highest BCUT2D eigenvalue weighted by molar-refractivity contribution is 5.79. The standard InChI is InChI=1S/C15H23N5O4/c1-2-3-6-24-14-12-13(18-15(16)19-14)20(10-17-12)5-8-23-7-4-11(22)9-21/h10,21H,2-9H2,1H3,(H2,16,18,19). The van der Waals surface area contributed by atoms with Crippen LogP contribution in [0.3, 0.4) is 0 Å². The Bertz CT molecular complexity index is 673. The quantitative estimate of drug-likeness (QED) is 0.570. The minimum atomic E-state index is -0.452. The summed E-state index contributed by atoms with van der Waals surface area (Å²) in [6.45, 7) is 3.35. The second-order valence-electron chi connectivity index (χ2n) is 5.26. The van der Waals surface area contributed by atoms with Gasteiger partial charge in [0.1, 0.15) is 6.61 Å². The fourth-order valence-electron chi connectivity index (χ4n) is 2.04. The third kappa shape index (κ3) is 4.87. The van der Waals surface area contributed by atoms with Gasteiger partial charge < -0.3 is 24.9 Å². The van der Waals surface area contributed by atoms with Crippen LogP contribution in [0.4, 0.5) is 5.95 Å². The van der Waals surface area contributed by atoms with Gasteiger partial charge >= 0.3 is 0 Å².